The van der Waals surface area contributed by atoms with Gasteiger partial charge in [0.1, 0.15) is 18.3 Å². The Morgan fingerprint density at radius 1 is 1.40 bits per heavy atom. The zero-order valence-electron chi connectivity index (χ0n) is 10.1. The van der Waals surface area contributed by atoms with Crippen molar-refractivity contribution in [2.24, 2.45) is 0 Å². The second-order valence-corrected chi connectivity index (χ2v) is 4.78. The van der Waals surface area contributed by atoms with Gasteiger partial charge in [0.2, 0.25) is 0 Å². The molecular formula is C11H13BrN2O6. The molecule has 1 aromatic rings. The predicted molar refractivity (Wildman–Crippen MR) is 72.3 cm³/mol. The second-order valence-electron chi connectivity index (χ2n) is 4.26. The highest BCUT2D eigenvalue weighted by Gasteiger charge is 2.44. The highest BCUT2D eigenvalue weighted by atomic mass is 79.9. The minimum absolute atomic E-state index is 0.186. The average Bonchev–Trinajstić information content (AvgIpc) is 2.66. The average molecular weight is 349 g/mol. The van der Waals surface area contributed by atoms with Crippen molar-refractivity contribution in [1.82, 2.24) is 9.55 Å². The van der Waals surface area contributed by atoms with E-state index < -0.39 is 42.4 Å². The summed E-state index contributed by atoms with van der Waals surface area (Å²) in [6, 6.07) is 1.15. The van der Waals surface area contributed by atoms with E-state index in [0.717, 1.165) is 10.6 Å². The Labute approximate surface area is 121 Å². The van der Waals surface area contributed by atoms with Crippen LogP contribution in [0.2, 0.25) is 0 Å². The number of hydrogen-bond acceptors (Lipinski definition) is 6. The molecule has 0 saturated carbocycles. The first-order valence-electron chi connectivity index (χ1n) is 5.74. The Bertz CT molecular complexity index is 624. The maximum Gasteiger partial charge on any atom is 0.331 e. The van der Waals surface area contributed by atoms with Crippen LogP contribution in [0.25, 0.3) is 6.08 Å². The molecule has 20 heavy (non-hydrogen) atoms. The summed E-state index contributed by atoms with van der Waals surface area (Å²) in [4.78, 5) is 26.7. The van der Waals surface area contributed by atoms with Crippen LogP contribution in [0.3, 0.4) is 0 Å². The fourth-order valence-electron chi connectivity index (χ4n) is 2.07. The van der Waals surface area contributed by atoms with E-state index in [0.29, 0.717) is 0 Å². The standard InChI is InChI=1S/C11H13BrN2O6/c12-2-1-5-3-7(16)13-11(19)14(5)10-9(18)8(17)6(4-15)20-10/h1-3,6,8-10,15,17-18H,4H2,(H,13,16,19)/b2-1-/t6-,8-,9-,10-/m1/s1. The Balaban J connectivity index is 2.53. The van der Waals surface area contributed by atoms with Crippen molar-refractivity contribution in [3.63, 3.8) is 0 Å². The summed E-state index contributed by atoms with van der Waals surface area (Å²) >= 11 is 3.03. The highest BCUT2D eigenvalue weighted by Crippen LogP contribution is 2.29. The van der Waals surface area contributed by atoms with E-state index in [1.54, 1.807) is 0 Å². The van der Waals surface area contributed by atoms with Gasteiger partial charge in [-0.1, -0.05) is 15.9 Å². The summed E-state index contributed by atoms with van der Waals surface area (Å²) in [5.74, 6) is 0. The van der Waals surface area contributed by atoms with Gasteiger partial charge in [-0.05, 0) is 11.1 Å². The number of H-pyrrole nitrogens is 1. The van der Waals surface area contributed by atoms with E-state index >= 15 is 0 Å². The van der Waals surface area contributed by atoms with E-state index in [2.05, 4.69) is 20.9 Å². The minimum atomic E-state index is -1.40. The van der Waals surface area contributed by atoms with Gasteiger partial charge in [-0.3, -0.25) is 14.3 Å². The SMILES string of the molecule is O=c1cc(/C=C\Br)n([C@@H]2O[C@H](CO)[C@@H](O)[C@H]2O)c(=O)[nH]1. The molecule has 1 aliphatic heterocycles. The number of rotatable bonds is 3. The molecule has 8 nitrogen and oxygen atoms in total. The largest absolute Gasteiger partial charge is 0.394 e. The third kappa shape index (κ3) is 2.63. The highest BCUT2D eigenvalue weighted by molar-refractivity contribution is 9.11. The van der Waals surface area contributed by atoms with Gasteiger partial charge in [-0.25, -0.2) is 4.79 Å². The normalized spacial score (nSPS) is 30.2. The van der Waals surface area contributed by atoms with Crippen molar-refractivity contribution in [3.05, 3.63) is 37.6 Å². The first kappa shape index (κ1) is 15.1. The molecule has 9 heteroatoms. The summed E-state index contributed by atoms with van der Waals surface area (Å²) in [5, 5.41) is 28.7. The molecule has 4 atom stereocenters. The number of nitrogens with one attached hydrogen (secondary N) is 1. The lowest BCUT2D eigenvalue weighted by atomic mass is 10.1. The number of aromatic amines is 1. The smallest absolute Gasteiger partial charge is 0.331 e. The van der Waals surface area contributed by atoms with Gasteiger partial charge in [-0.15, -0.1) is 0 Å². The van der Waals surface area contributed by atoms with Gasteiger partial charge < -0.3 is 20.1 Å². The molecule has 0 unspecified atom stereocenters. The number of nitrogens with zero attached hydrogens (tertiary/aromatic N) is 1. The van der Waals surface area contributed by atoms with E-state index in [-0.39, 0.29) is 5.69 Å². The maximum atomic E-state index is 11.9. The lowest BCUT2D eigenvalue weighted by molar-refractivity contribution is -0.0553. The molecule has 0 spiro atoms. The van der Waals surface area contributed by atoms with Crippen molar-refractivity contribution in [2.45, 2.75) is 24.5 Å². The van der Waals surface area contributed by atoms with Crippen LogP contribution >= 0.6 is 15.9 Å². The summed E-state index contributed by atoms with van der Waals surface area (Å²) in [6.45, 7) is -0.504. The molecule has 0 radical (unpaired) electrons. The summed E-state index contributed by atoms with van der Waals surface area (Å²) in [5.41, 5.74) is -1.20. The van der Waals surface area contributed by atoms with Crippen molar-refractivity contribution in [2.75, 3.05) is 6.61 Å². The third-order valence-electron chi connectivity index (χ3n) is 3.01. The predicted octanol–water partition coefficient (Wildman–Crippen LogP) is -1.49. The zero-order valence-corrected chi connectivity index (χ0v) is 11.7. The van der Waals surface area contributed by atoms with Gasteiger partial charge in [0.25, 0.3) is 5.56 Å². The molecule has 4 N–H and O–H groups in total. The van der Waals surface area contributed by atoms with Crippen molar-refractivity contribution in [1.29, 1.82) is 0 Å². The molecule has 1 aliphatic rings. The Hall–Kier alpha value is -1.26. The molecule has 110 valence electrons. The molecule has 1 saturated heterocycles. The van der Waals surface area contributed by atoms with Crippen LogP contribution in [-0.2, 0) is 4.74 Å². The summed E-state index contributed by atoms with van der Waals surface area (Å²) < 4.78 is 6.27. The second kappa shape index (κ2) is 6.02. The first-order chi connectivity index (χ1) is 9.49. The molecule has 1 aromatic heterocycles. The molecule has 1 fully saturated rings. The van der Waals surface area contributed by atoms with E-state index in [4.69, 9.17) is 9.84 Å². The summed E-state index contributed by atoms with van der Waals surface area (Å²) in [7, 11) is 0. The van der Waals surface area contributed by atoms with E-state index in [9.17, 15) is 19.8 Å². The Morgan fingerprint density at radius 3 is 2.65 bits per heavy atom. The number of halogens is 1. The van der Waals surface area contributed by atoms with Crippen molar-refractivity contribution in [3.8, 4) is 0 Å². The number of aliphatic hydroxyl groups is 3. The molecule has 0 amide bonds. The molecule has 2 heterocycles. The molecule has 0 bridgehead atoms. The number of hydrogen-bond donors (Lipinski definition) is 4. The topological polar surface area (TPSA) is 125 Å². The zero-order chi connectivity index (χ0) is 14.9. The van der Waals surface area contributed by atoms with Crippen LogP contribution in [0.4, 0.5) is 0 Å². The van der Waals surface area contributed by atoms with Crippen molar-refractivity contribution < 1.29 is 20.1 Å². The third-order valence-corrected chi connectivity index (χ3v) is 3.28. The monoisotopic (exact) mass is 348 g/mol. The molecule has 2 rings (SSSR count). The quantitative estimate of drug-likeness (QED) is 0.527. The maximum absolute atomic E-state index is 11.9. The first-order valence-corrected chi connectivity index (χ1v) is 6.66. The number of ether oxygens (including phenoxy) is 1. The van der Waals surface area contributed by atoms with Gasteiger partial charge >= 0.3 is 5.69 Å². The lowest BCUT2D eigenvalue weighted by Crippen LogP contribution is -2.39. The van der Waals surface area contributed by atoms with Crippen LogP contribution in [-0.4, -0.2) is 49.8 Å². The van der Waals surface area contributed by atoms with Crippen LogP contribution in [0.15, 0.2) is 20.6 Å². The summed E-state index contributed by atoms with van der Waals surface area (Å²) in [6.07, 6.45) is -3.52. The molecule has 0 aliphatic carbocycles. The van der Waals surface area contributed by atoms with Gasteiger partial charge in [0, 0.05) is 6.07 Å². The fraction of sp³-hybridized carbons (Fsp3) is 0.455. The molecular weight excluding hydrogens is 336 g/mol. The molecule has 0 aromatic carbocycles. The van der Waals surface area contributed by atoms with Crippen LogP contribution in [0.5, 0.6) is 0 Å². The Morgan fingerprint density at radius 2 is 2.10 bits per heavy atom. The minimum Gasteiger partial charge on any atom is -0.394 e. The van der Waals surface area contributed by atoms with E-state index in [1.807, 2.05) is 0 Å². The van der Waals surface area contributed by atoms with E-state index in [1.165, 1.54) is 11.1 Å². The van der Waals surface area contributed by atoms with Crippen LogP contribution in [0, 0.1) is 0 Å². The fourth-order valence-corrected chi connectivity index (χ4v) is 2.34. The van der Waals surface area contributed by atoms with Gasteiger partial charge in [0.05, 0.1) is 12.3 Å². The van der Waals surface area contributed by atoms with Gasteiger partial charge in [0.15, 0.2) is 6.23 Å². The Kier molecular flexibility index (Phi) is 4.55. The van der Waals surface area contributed by atoms with Gasteiger partial charge in [-0.2, -0.15) is 0 Å². The van der Waals surface area contributed by atoms with Crippen molar-refractivity contribution >= 4 is 22.0 Å². The van der Waals surface area contributed by atoms with Crippen LogP contribution < -0.4 is 11.2 Å². The number of aromatic nitrogens is 2. The van der Waals surface area contributed by atoms with Crippen LogP contribution in [0.1, 0.15) is 11.9 Å². The number of aliphatic hydroxyl groups excluding tert-OH is 3. The lowest BCUT2D eigenvalue weighted by Gasteiger charge is -2.19.